The largest absolute Gasteiger partial charge is 0.476 e. The van der Waals surface area contributed by atoms with Gasteiger partial charge in [-0.05, 0) is 49.4 Å². The summed E-state index contributed by atoms with van der Waals surface area (Å²) in [6, 6.07) is 12.4. The van der Waals surface area contributed by atoms with Crippen molar-refractivity contribution >= 4 is 0 Å². The molecule has 1 atom stereocenters. The van der Waals surface area contributed by atoms with Crippen LogP contribution in [-0.2, 0) is 6.18 Å². The van der Waals surface area contributed by atoms with Crippen LogP contribution in [0.2, 0.25) is 0 Å². The van der Waals surface area contributed by atoms with Gasteiger partial charge in [-0.1, -0.05) is 0 Å². The number of alkyl halides is 3. The van der Waals surface area contributed by atoms with E-state index in [4.69, 9.17) is 19.9 Å². The zero-order valence-corrected chi connectivity index (χ0v) is 14.7. The van der Waals surface area contributed by atoms with Crippen LogP contribution in [0, 0.1) is 0 Å². The topological polar surface area (TPSA) is 71.5 Å². The van der Waals surface area contributed by atoms with Crippen molar-refractivity contribution in [1.82, 2.24) is 9.78 Å². The lowest BCUT2D eigenvalue weighted by molar-refractivity contribution is -0.141. The molecule has 146 valence electrons. The van der Waals surface area contributed by atoms with Crippen molar-refractivity contribution in [2.45, 2.75) is 19.3 Å². The molecule has 0 amide bonds. The van der Waals surface area contributed by atoms with Crippen LogP contribution < -0.4 is 19.9 Å². The third-order valence-corrected chi connectivity index (χ3v) is 4.07. The van der Waals surface area contributed by atoms with Crippen LogP contribution in [0.15, 0.2) is 48.5 Å². The van der Waals surface area contributed by atoms with Crippen LogP contribution in [0.1, 0.15) is 12.6 Å². The van der Waals surface area contributed by atoms with Gasteiger partial charge in [0, 0.05) is 11.6 Å². The van der Waals surface area contributed by atoms with E-state index in [0.717, 1.165) is 6.07 Å². The molecule has 1 unspecified atom stereocenters. The standard InChI is InChI=1S/C19H16F3N3O3/c1-11(23)28-14-5-2-12(3-6-14)15-9-18(19(20,21)22)24-25(15)13-4-7-16-17(8-13)27-10-26-16/h2-9,11H,10,23H2,1H3. The van der Waals surface area contributed by atoms with E-state index < -0.39 is 18.1 Å². The molecule has 28 heavy (non-hydrogen) atoms. The van der Waals surface area contributed by atoms with Crippen LogP contribution in [0.4, 0.5) is 13.2 Å². The fourth-order valence-corrected chi connectivity index (χ4v) is 2.86. The molecule has 0 spiro atoms. The maximum absolute atomic E-state index is 13.3. The second-order valence-corrected chi connectivity index (χ2v) is 6.21. The predicted octanol–water partition coefficient (Wildman–Crippen LogP) is 3.97. The Kier molecular flexibility index (Phi) is 4.38. The number of fused-ring (bicyclic) bond motifs is 1. The van der Waals surface area contributed by atoms with Crippen LogP contribution >= 0.6 is 0 Å². The first-order chi connectivity index (χ1) is 13.3. The summed E-state index contributed by atoms with van der Waals surface area (Å²) in [6.45, 7) is 1.75. The minimum atomic E-state index is -4.58. The second-order valence-electron chi connectivity index (χ2n) is 6.21. The Morgan fingerprint density at radius 1 is 1.07 bits per heavy atom. The monoisotopic (exact) mass is 391 g/mol. The fraction of sp³-hybridized carbons (Fsp3) is 0.211. The van der Waals surface area contributed by atoms with E-state index in [1.54, 1.807) is 49.4 Å². The molecule has 0 radical (unpaired) electrons. The van der Waals surface area contributed by atoms with E-state index in [9.17, 15) is 13.2 Å². The smallest absolute Gasteiger partial charge is 0.435 e. The molecule has 4 rings (SSSR count). The molecule has 0 bridgehead atoms. The van der Waals surface area contributed by atoms with Crippen molar-refractivity contribution < 1.29 is 27.4 Å². The minimum Gasteiger partial charge on any atom is -0.476 e. The van der Waals surface area contributed by atoms with Crippen molar-refractivity contribution in [3.63, 3.8) is 0 Å². The summed E-state index contributed by atoms with van der Waals surface area (Å²) in [7, 11) is 0. The first-order valence-electron chi connectivity index (χ1n) is 8.41. The summed E-state index contributed by atoms with van der Waals surface area (Å²) in [5.41, 5.74) is 5.83. The van der Waals surface area contributed by atoms with E-state index in [1.165, 1.54) is 4.68 Å². The van der Waals surface area contributed by atoms with Gasteiger partial charge in [0.2, 0.25) is 6.79 Å². The van der Waals surface area contributed by atoms with Crippen LogP contribution in [0.3, 0.4) is 0 Å². The summed E-state index contributed by atoms with van der Waals surface area (Å²) in [4.78, 5) is 0. The number of hydrogen-bond acceptors (Lipinski definition) is 5. The zero-order valence-electron chi connectivity index (χ0n) is 14.7. The molecule has 9 heteroatoms. The summed E-state index contributed by atoms with van der Waals surface area (Å²) in [5.74, 6) is 1.50. The molecule has 0 fully saturated rings. The van der Waals surface area contributed by atoms with Crippen molar-refractivity contribution in [2.24, 2.45) is 5.73 Å². The average Bonchev–Trinajstić information content (AvgIpc) is 3.28. The highest BCUT2D eigenvalue weighted by Gasteiger charge is 2.35. The summed E-state index contributed by atoms with van der Waals surface area (Å²) in [5, 5.41) is 3.77. The van der Waals surface area contributed by atoms with E-state index >= 15 is 0 Å². The lowest BCUT2D eigenvalue weighted by atomic mass is 10.1. The third kappa shape index (κ3) is 3.48. The molecule has 2 heterocycles. The maximum Gasteiger partial charge on any atom is 0.435 e. The second kappa shape index (κ2) is 6.75. The van der Waals surface area contributed by atoms with Crippen LogP contribution in [0.25, 0.3) is 16.9 Å². The van der Waals surface area contributed by atoms with Gasteiger partial charge in [0.15, 0.2) is 17.2 Å². The normalized spacial score (nSPS) is 14.2. The van der Waals surface area contributed by atoms with E-state index in [1.807, 2.05) is 0 Å². The van der Waals surface area contributed by atoms with Crippen molar-refractivity contribution in [1.29, 1.82) is 0 Å². The number of rotatable bonds is 4. The Labute approximate surface area is 158 Å². The lowest BCUT2D eigenvalue weighted by Crippen LogP contribution is -2.22. The Balaban J connectivity index is 1.79. The Bertz CT molecular complexity index is 998. The van der Waals surface area contributed by atoms with Gasteiger partial charge in [-0.2, -0.15) is 18.3 Å². The molecule has 3 aromatic rings. The van der Waals surface area contributed by atoms with Gasteiger partial charge in [0.25, 0.3) is 0 Å². The number of nitrogens with zero attached hydrogens (tertiary/aromatic N) is 2. The van der Waals surface area contributed by atoms with Gasteiger partial charge < -0.3 is 14.2 Å². The molecule has 0 saturated heterocycles. The zero-order chi connectivity index (χ0) is 19.9. The number of nitrogens with two attached hydrogens (primary N) is 1. The quantitative estimate of drug-likeness (QED) is 0.682. The van der Waals surface area contributed by atoms with E-state index in [0.29, 0.717) is 28.5 Å². The number of halogens is 3. The SMILES string of the molecule is CC(N)Oc1ccc(-c2cc(C(F)(F)F)nn2-c2ccc3c(c2)OCO3)cc1. The van der Waals surface area contributed by atoms with Gasteiger partial charge in [-0.15, -0.1) is 0 Å². The number of benzene rings is 2. The van der Waals surface area contributed by atoms with E-state index in [-0.39, 0.29) is 12.5 Å². The van der Waals surface area contributed by atoms with Crippen molar-refractivity contribution in [3.8, 4) is 34.2 Å². The minimum absolute atomic E-state index is 0.0690. The third-order valence-electron chi connectivity index (χ3n) is 4.07. The Morgan fingerprint density at radius 2 is 1.79 bits per heavy atom. The van der Waals surface area contributed by atoms with E-state index in [2.05, 4.69) is 5.10 Å². The van der Waals surface area contributed by atoms with Gasteiger partial charge in [-0.25, -0.2) is 4.68 Å². The highest BCUT2D eigenvalue weighted by atomic mass is 19.4. The highest BCUT2D eigenvalue weighted by Crippen LogP contribution is 2.37. The molecule has 6 nitrogen and oxygen atoms in total. The number of hydrogen-bond donors (Lipinski definition) is 1. The van der Waals surface area contributed by atoms with Gasteiger partial charge in [-0.3, -0.25) is 5.73 Å². The molecular weight excluding hydrogens is 375 g/mol. The lowest BCUT2D eigenvalue weighted by Gasteiger charge is -2.11. The summed E-state index contributed by atoms with van der Waals surface area (Å²) < 4.78 is 57.0. The molecule has 1 aliphatic heterocycles. The first-order valence-corrected chi connectivity index (χ1v) is 8.41. The van der Waals surface area contributed by atoms with Gasteiger partial charge in [0.1, 0.15) is 12.0 Å². The summed E-state index contributed by atoms with van der Waals surface area (Å²) in [6.07, 6.45) is -5.07. The first kappa shape index (κ1) is 18.2. The average molecular weight is 391 g/mol. The van der Waals surface area contributed by atoms with Crippen LogP contribution in [0.5, 0.6) is 17.2 Å². The maximum atomic E-state index is 13.3. The molecule has 2 aromatic carbocycles. The molecule has 1 aromatic heterocycles. The molecule has 1 aliphatic rings. The van der Waals surface area contributed by atoms with Crippen LogP contribution in [-0.4, -0.2) is 22.8 Å². The molecule has 0 aliphatic carbocycles. The summed E-state index contributed by atoms with van der Waals surface area (Å²) >= 11 is 0. The van der Waals surface area contributed by atoms with Gasteiger partial charge >= 0.3 is 6.18 Å². The fourth-order valence-electron chi connectivity index (χ4n) is 2.86. The predicted molar refractivity (Wildman–Crippen MR) is 94.4 cm³/mol. The molecule has 0 saturated carbocycles. The van der Waals surface area contributed by atoms with Gasteiger partial charge in [0.05, 0.1) is 11.4 Å². The molecular formula is C19H16F3N3O3. The highest BCUT2D eigenvalue weighted by molar-refractivity contribution is 5.64. The Hall–Kier alpha value is -3.20. The van der Waals surface area contributed by atoms with Crippen molar-refractivity contribution in [3.05, 3.63) is 54.2 Å². The number of ether oxygens (including phenoxy) is 3. The van der Waals surface area contributed by atoms with Crippen molar-refractivity contribution in [2.75, 3.05) is 6.79 Å². The Morgan fingerprint density at radius 3 is 2.46 bits per heavy atom. The number of aromatic nitrogens is 2. The molecule has 2 N–H and O–H groups in total.